The fourth-order valence-electron chi connectivity index (χ4n) is 2.03. The van der Waals surface area contributed by atoms with Crippen molar-refractivity contribution in [1.29, 1.82) is 0 Å². The molecule has 0 saturated carbocycles. The Morgan fingerprint density at radius 3 is 2.43 bits per heavy atom. The van der Waals surface area contributed by atoms with Gasteiger partial charge in [0.25, 0.3) is 0 Å². The summed E-state index contributed by atoms with van der Waals surface area (Å²) >= 11 is 0. The Bertz CT molecular complexity index is 662. The lowest BCUT2D eigenvalue weighted by Crippen LogP contribution is -2.09. The van der Waals surface area contributed by atoms with Crippen molar-refractivity contribution in [2.75, 3.05) is 0 Å². The van der Waals surface area contributed by atoms with Gasteiger partial charge in [-0.1, -0.05) is 6.07 Å². The van der Waals surface area contributed by atoms with Crippen LogP contribution in [0.1, 0.15) is 22.5 Å². The van der Waals surface area contributed by atoms with Crippen molar-refractivity contribution in [2.45, 2.75) is 26.6 Å². The summed E-state index contributed by atoms with van der Waals surface area (Å²) in [6, 6.07) is 3.82. The summed E-state index contributed by atoms with van der Waals surface area (Å²) in [5.74, 6) is 0.0856. The van der Waals surface area contributed by atoms with Gasteiger partial charge in [-0.25, -0.2) is 0 Å². The van der Waals surface area contributed by atoms with E-state index in [0.29, 0.717) is 22.7 Å². The van der Waals surface area contributed by atoms with Crippen molar-refractivity contribution in [2.24, 2.45) is 12.8 Å². The number of nitrogens with zero attached hydrogens (tertiary/aromatic N) is 2. The van der Waals surface area contributed by atoms with Gasteiger partial charge in [-0.05, 0) is 31.5 Å². The van der Waals surface area contributed by atoms with E-state index in [1.54, 1.807) is 25.6 Å². The number of rotatable bonds is 3. The number of hydrogen-bond acceptors (Lipinski definition) is 3. The molecule has 1 aromatic carbocycles. The average molecular weight is 299 g/mol. The molecule has 2 rings (SSSR count). The van der Waals surface area contributed by atoms with Crippen LogP contribution < -0.4 is 10.5 Å². The van der Waals surface area contributed by atoms with E-state index in [2.05, 4.69) is 5.10 Å². The van der Waals surface area contributed by atoms with E-state index in [-0.39, 0.29) is 12.3 Å². The molecular formula is C14H16F3N3O. The van der Waals surface area contributed by atoms with Gasteiger partial charge in [0.05, 0.1) is 11.3 Å². The fraction of sp³-hybridized carbons (Fsp3) is 0.357. The van der Waals surface area contributed by atoms with Gasteiger partial charge in [0, 0.05) is 13.6 Å². The van der Waals surface area contributed by atoms with Crippen molar-refractivity contribution < 1.29 is 17.9 Å². The maximum atomic E-state index is 13.1. The molecule has 0 aliphatic carbocycles. The number of aryl methyl sites for hydroxylation is 2. The second kappa shape index (κ2) is 5.40. The van der Waals surface area contributed by atoms with Gasteiger partial charge in [-0.15, -0.1) is 0 Å². The third-order valence-electron chi connectivity index (χ3n) is 3.24. The van der Waals surface area contributed by atoms with Crippen molar-refractivity contribution in [3.05, 3.63) is 40.7 Å². The SMILES string of the molecule is Cc1nn(C)c(C)c1Oc1ccc(CN)cc1C(F)(F)F. The van der Waals surface area contributed by atoms with Crippen LogP contribution in [0.25, 0.3) is 0 Å². The van der Waals surface area contributed by atoms with E-state index >= 15 is 0 Å². The first-order valence-electron chi connectivity index (χ1n) is 6.32. The van der Waals surface area contributed by atoms with Crippen LogP contribution in [0, 0.1) is 13.8 Å². The second-order valence-electron chi connectivity index (χ2n) is 4.76. The smallest absolute Gasteiger partial charge is 0.419 e. The third kappa shape index (κ3) is 3.02. The maximum absolute atomic E-state index is 13.1. The molecule has 0 unspecified atom stereocenters. The molecule has 0 aliphatic rings. The summed E-state index contributed by atoms with van der Waals surface area (Å²) in [7, 11) is 1.71. The molecule has 1 aromatic heterocycles. The summed E-state index contributed by atoms with van der Waals surface area (Å²) in [4.78, 5) is 0. The topological polar surface area (TPSA) is 53.1 Å². The minimum Gasteiger partial charge on any atom is -0.453 e. The van der Waals surface area contributed by atoms with E-state index in [0.717, 1.165) is 6.07 Å². The highest BCUT2D eigenvalue weighted by Gasteiger charge is 2.35. The minimum absolute atomic E-state index is 0.0360. The molecule has 2 N–H and O–H groups in total. The summed E-state index contributed by atoms with van der Waals surface area (Å²) in [5, 5.41) is 4.12. The molecular weight excluding hydrogens is 283 g/mol. The van der Waals surface area contributed by atoms with Gasteiger partial charge in [-0.3, -0.25) is 4.68 Å². The number of halogens is 3. The Morgan fingerprint density at radius 2 is 1.95 bits per heavy atom. The quantitative estimate of drug-likeness (QED) is 0.946. The Labute approximate surface area is 120 Å². The van der Waals surface area contributed by atoms with Crippen molar-refractivity contribution >= 4 is 0 Å². The standard InChI is InChI=1S/C14H16F3N3O/c1-8-13(9(2)20(3)19-8)21-12-5-4-10(7-18)6-11(12)14(15,16)17/h4-6H,7,18H2,1-3H3. The lowest BCUT2D eigenvalue weighted by molar-refractivity contribution is -0.138. The van der Waals surface area contributed by atoms with Gasteiger partial charge in [-0.2, -0.15) is 18.3 Å². The van der Waals surface area contributed by atoms with Crippen LogP contribution in [-0.4, -0.2) is 9.78 Å². The zero-order valence-corrected chi connectivity index (χ0v) is 12.0. The normalized spacial score (nSPS) is 11.8. The Hall–Kier alpha value is -2.02. The van der Waals surface area contributed by atoms with Crippen molar-refractivity contribution in [1.82, 2.24) is 9.78 Å². The second-order valence-corrected chi connectivity index (χ2v) is 4.76. The lowest BCUT2D eigenvalue weighted by atomic mass is 10.1. The zero-order valence-electron chi connectivity index (χ0n) is 12.0. The van der Waals surface area contributed by atoms with Gasteiger partial charge >= 0.3 is 6.18 Å². The van der Waals surface area contributed by atoms with Gasteiger partial charge in [0.1, 0.15) is 11.4 Å². The Morgan fingerprint density at radius 1 is 1.29 bits per heavy atom. The molecule has 7 heteroatoms. The lowest BCUT2D eigenvalue weighted by Gasteiger charge is -2.15. The van der Waals surface area contributed by atoms with Gasteiger partial charge < -0.3 is 10.5 Å². The van der Waals surface area contributed by atoms with Crippen LogP contribution in [0.15, 0.2) is 18.2 Å². The highest BCUT2D eigenvalue weighted by Crippen LogP contribution is 2.39. The highest BCUT2D eigenvalue weighted by atomic mass is 19.4. The molecule has 0 bridgehead atoms. The maximum Gasteiger partial charge on any atom is 0.419 e. The number of ether oxygens (including phenoxy) is 1. The highest BCUT2D eigenvalue weighted by molar-refractivity contribution is 5.44. The van der Waals surface area contributed by atoms with E-state index in [1.807, 2.05) is 0 Å². The van der Waals surface area contributed by atoms with Gasteiger partial charge in [0.2, 0.25) is 0 Å². The molecule has 4 nitrogen and oxygen atoms in total. The first kappa shape index (κ1) is 15.4. The molecule has 0 spiro atoms. The number of nitrogens with two attached hydrogens (primary N) is 1. The molecule has 21 heavy (non-hydrogen) atoms. The number of hydrogen-bond donors (Lipinski definition) is 1. The molecule has 0 aliphatic heterocycles. The predicted molar refractivity (Wildman–Crippen MR) is 72.1 cm³/mol. The molecule has 114 valence electrons. The summed E-state index contributed by atoms with van der Waals surface area (Å²) in [5.41, 5.74) is 6.14. The Balaban J connectivity index is 2.49. The fourth-order valence-corrected chi connectivity index (χ4v) is 2.03. The van der Waals surface area contributed by atoms with Crippen LogP contribution in [0.3, 0.4) is 0 Å². The predicted octanol–water partition coefficient (Wildman–Crippen LogP) is 3.31. The van der Waals surface area contributed by atoms with Crippen LogP contribution in [0.2, 0.25) is 0 Å². The monoisotopic (exact) mass is 299 g/mol. The van der Waals surface area contributed by atoms with Gasteiger partial charge in [0.15, 0.2) is 5.75 Å². The first-order valence-corrected chi connectivity index (χ1v) is 6.32. The average Bonchev–Trinajstić information content (AvgIpc) is 2.64. The van der Waals surface area contributed by atoms with E-state index < -0.39 is 11.7 Å². The molecule has 0 atom stereocenters. The van der Waals surface area contributed by atoms with E-state index in [9.17, 15) is 13.2 Å². The zero-order chi connectivity index (χ0) is 15.8. The van der Waals surface area contributed by atoms with Crippen LogP contribution in [0.4, 0.5) is 13.2 Å². The van der Waals surface area contributed by atoms with Crippen LogP contribution in [0.5, 0.6) is 11.5 Å². The largest absolute Gasteiger partial charge is 0.453 e. The van der Waals surface area contributed by atoms with E-state index in [4.69, 9.17) is 10.5 Å². The van der Waals surface area contributed by atoms with Crippen LogP contribution in [-0.2, 0) is 19.8 Å². The summed E-state index contributed by atoms with van der Waals surface area (Å²) in [6.45, 7) is 3.45. The Kier molecular flexibility index (Phi) is 3.95. The van der Waals surface area contributed by atoms with Crippen molar-refractivity contribution in [3.63, 3.8) is 0 Å². The molecule has 1 heterocycles. The molecule has 0 fully saturated rings. The summed E-state index contributed by atoms with van der Waals surface area (Å²) in [6.07, 6.45) is -4.51. The molecule has 2 aromatic rings. The number of aromatic nitrogens is 2. The van der Waals surface area contributed by atoms with Crippen LogP contribution >= 0.6 is 0 Å². The van der Waals surface area contributed by atoms with Crippen molar-refractivity contribution in [3.8, 4) is 11.5 Å². The molecule has 0 saturated heterocycles. The number of alkyl halides is 3. The minimum atomic E-state index is -4.51. The molecule has 0 amide bonds. The van der Waals surface area contributed by atoms with E-state index in [1.165, 1.54) is 12.1 Å². The number of benzene rings is 1. The third-order valence-corrected chi connectivity index (χ3v) is 3.24. The first-order chi connectivity index (χ1) is 9.74. The summed E-state index contributed by atoms with van der Waals surface area (Å²) < 4.78 is 46.4. The molecule has 0 radical (unpaired) electrons.